The van der Waals surface area contributed by atoms with E-state index in [-0.39, 0.29) is 37.8 Å². The predicted octanol–water partition coefficient (Wildman–Crippen LogP) is 5.30. The van der Waals surface area contributed by atoms with Crippen molar-refractivity contribution in [3.8, 4) is 28.7 Å². The SMILES string of the molecule is COc1cc(Br)c(C#N)cc1-c1c(S(=O)(=O)Oc2c(F)c(F)c(F)c(F)c2F)ccc2[nH]c(=O)ccc12. The van der Waals surface area contributed by atoms with Gasteiger partial charge in [0.25, 0.3) is 0 Å². The van der Waals surface area contributed by atoms with Gasteiger partial charge in [-0.2, -0.15) is 22.5 Å². The fraction of sp³-hybridized carbons (Fsp3) is 0.0435. The summed E-state index contributed by atoms with van der Waals surface area (Å²) < 4.78 is 106. The van der Waals surface area contributed by atoms with Gasteiger partial charge in [-0.15, -0.1) is 0 Å². The number of hydrogen-bond acceptors (Lipinski definition) is 6. The van der Waals surface area contributed by atoms with Crippen molar-refractivity contribution in [2.45, 2.75) is 4.90 Å². The molecule has 0 aliphatic carbocycles. The summed E-state index contributed by atoms with van der Waals surface area (Å²) in [5.74, 6) is -14.3. The molecule has 14 heteroatoms. The maximum atomic E-state index is 14.2. The van der Waals surface area contributed by atoms with Gasteiger partial charge in [-0.05, 0) is 46.3 Å². The highest BCUT2D eigenvalue weighted by atomic mass is 79.9. The zero-order valence-corrected chi connectivity index (χ0v) is 20.5. The van der Waals surface area contributed by atoms with Crippen LogP contribution in [0.5, 0.6) is 11.5 Å². The molecule has 4 rings (SSSR count). The number of nitrogens with one attached hydrogen (secondary N) is 1. The van der Waals surface area contributed by atoms with Crippen molar-refractivity contribution in [1.29, 1.82) is 5.26 Å². The number of ether oxygens (including phenoxy) is 1. The number of halogens is 6. The normalized spacial score (nSPS) is 11.4. The molecule has 1 N–H and O–H groups in total. The maximum absolute atomic E-state index is 14.2. The molecule has 0 unspecified atom stereocenters. The first-order valence-electron chi connectivity index (χ1n) is 9.81. The standard InChI is InChI=1S/C23H10BrF5N2O5S/c1-35-14-7-12(24)9(8-30)6-11(14)17-10-2-5-16(32)31-13(10)3-4-15(17)37(33,34)36-23-21(28)19(26)18(25)20(27)22(23)29/h2-7H,1H3,(H,31,32). The molecule has 3 aromatic carbocycles. The monoisotopic (exact) mass is 600 g/mol. The number of nitrogens with zero attached hydrogens (tertiary/aromatic N) is 1. The Morgan fingerprint density at radius 3 is 2.16 bits per heavy atom. The molecule has 0 radical (unpaired) electrons. The molecular weight excluding hydrogens is 591 g/mol. The number of aromatic amines is 1. The maximum Gasteiger partial charge on any atom is 0.340 e. The minimum absolute atomic E-state index is 0.0252. The summed E-state index contributed by atoms with van der Waals surface area (Å²) in [4.78, 5) is 13.5. The Hall–Kier alpha value is -3.96. The second kappa shape index (κ2) is 9.49. The van der Waals surface area contributed by atoms with Gasteiger partial charge in [0.1, 0.15) is 16.7 Å². The van der Waals surface area contributed by atoms with Gasteiger partial charge in [0.15, 0.2) is 0 Å². The lowest BCUT2D eigenvalue weighted by molar-refractivity contribution is 0.347. The largest absolute Gasteiger partial charge is 0.496 e. The Balaban J connectivity index is 2.08. The second-order valence-electron chi connectivity index (χ2n) is 7.30. The van der Waals surface area contributed by atoms with E-state index in [0.29, 0.717) is 0 Å². The van der Waals surface area contributed by atoms with E-state index in [1.54, 1.807) is 0 Å². The third-order valence-electron chi connectivity index (χ3n) is 5.18. The predicted molar refractivity (Wildman–Crippen MR) is 123 cm³/mol. The van der Waals surface area contributed by atoms with Gasteiger partial charge >= 0.3 is 10.1 Å². The molecule has 4 aromatic rings. The summed E-state index contributed by atoms with van der Waals surface area (Å²) in [5.41, 5.74) is -0.687. The zero-order valence-electron chi connectivity index (χ0n) is 18.1. The number of nitriles is 1. The first kappa shape index (κ1) is 26.1. The fourth-order valence-electron chi connectivity index (χ4n) is 3.52. The average molecular weight is 601 g/mol. The third kappa shape index (κ3) is 4.40. The molecule has 0 aliphatic heterocycles. The van der Waals surface area contributed by atoms with E-state index in [9.17, 15) is 40.4 Å². The smallest absolute Gasteiger partial charge is 0.340 e. The number of hydrogen-bond donors (Lipinski definition) is 1. The van der Waals surface area contributed by atoms with Crippen LogP contribution in [0.4, 0.5) is 22.0 Å². The van der Waals surface area contributed by atoms with Crippen LogP contribution in [0.1, 0.15) is 5.56 Å². The van der Waals surface area contributed by atoms with Gasteiger partial charge in [0.05, 0.1) is 12.7 Å². The van der Waals surface area contributed by atoms with Crippen LogP contribution in [-0.4, -0.2) is 20.5 Å². The summed E-state index contributed by atoms with van der Waals surface area (Å²) >= 11 is 3.17. The molecule has 0 amide bonds. The highest BCUT2D eigenvalue weighted by Crippen LogP contribution is 2.42. The van der Waals surface area contributed by atoms with E-state index in [0.717, 1.165) is 18.2 Å². The number of methoxy groups -OCH3 is 1. The van der Waals surface area contributed by atoms with Gasteiger partial charge in [0, 0.05) is 32.6 Å². The summed E-state index contributed by atoms with van der Waals surface area (Å²) in [6, 6.07) is 8.78. The fourth-order valence-corrected chi connectivity index (χ4v) is 5.09. The number of aromatic nitrogens is 1. The Labute approximate surface area is 212 Å². The quantitative estimate of drug-likeness (QED) is 0.144. The van der Waals surface area contributed by atoms with Gasteiger partial charge in [0.2, 0.25) is 40.4 Å². The van der Waals surface area contributed by atoms with E-state index in [1.165, 1.54) is 25.3 Å². The van der Waals surface area contributed by atoms with Gasteiger partial charge in [-0.3, -0.25) is 4.79 Å². The zero-order chi connectivity index (χ0) is 27.2. The summed E-state index contributed by atoms with van der Waals surface area (Å²) in [7, 11) is -4.08. The van der Waals surface area contributed by atoms with Crippen molar-refractivity contribution in [1.82, 2.24) is 4.98 Å². The van der Waals surface area contributed by atoms with Crippen LogP contribution in [-0.2, 0) is 10.1 Å². The second-order valence-corrected chi connectivity index (χ2v) is 9.67. The van der Waals surface area contributed by atoms with Crippen molar-refractivity contribution in [2.75, 3.05) is 7.11 Å². The van der Waals surface area contributed by atoms with Crippen LogP contribution in [0, 0.1) is 40.4 Å². The molecular formula is C23H10BrF5N2O5S. The van der Waals surface area contributed by atoms with Crippen LogP contribution in [0.3, 0.4) is 0 Å². The van der Waals surface area contributed by atoms with E-state index in [1.807, 2.05) is 6.07 Å². The van der Waals surface area contributed by atoms with Gasteiger partial charge < -0.3 is 13.9 Å². The Morgan fingerprint density at radius 1 is 0.946 bits per heavy atom. The topological polar surface area (TPSA) is 109 Å². The van der Waals surface area contributed by atoms with Crippen molar-refractivity contribution < 1.29 is 39.3 Å². The number of benzene rings is 3. The molecule has 0 saturated carbocycles. The summed E-state index contributed by atoms with van der Waals surface area (Å²) in [5, 5.41) is 9.53. The lowest BCUT2D eigenvalue weighted by atomic mass is 9.98. The lowest BCUT2D eigenvalue weighted by Crippen LogP contribution is -2.16. The molecule has 1 heterocycles. The van der Waals surface area contributed by atoms with Crippen LogP contribution < -0.4 is 14.5 Å². The number of H-pyrrole nitrogens is 1. The van der Waals surface area contributed by atoms with Crippen LogP contribution in [0.25, 0.3) is 22.0 Å². The number of pyridine rings is 1. The van der Waals surface area contributed by atoms with E-state index in [4.69, 9.17) is 4.74 Å². The first-order chi connectivity index (χ1) is 17.4. The molecule has 1 aromatic heterocycles. The number of fused-ring (bicyclic) bond motifs is 1. The van der Waals surface area contributed by atoms with E-state index < -0.39 is 55.4 Å². The number of rotatable bonds is 5. The molecule has 0 fully saturated rings. The molecule has 0 atom stereocenters. The van der Waals surface area contributed by atoms with Gasteiger partial charge in [-0.25, -0.2) is 13.2 Å². The molecule has 0 bridgehead atoms. The molecule has 37 heavy (non-hydrogen) atoms. The Bertz CT molecular complexity index is 1790. The van der Waals surface area contributed by atoms with Crippen molar-refractivity contribution in [3.05, 3.63) is 85.9 Å². The third-order valence-corrected chi connectivity index (χ3v) is 7.10. The molecule has 0 aliphatic rings. The minimum Gasteiger partial charge on any atom is -0.496 e. The minimum atomic E-state index is -5.32. The van der Waals surface area contributed by atoms with Crippen LogP contribution in [0.15, 0.2) is 50.6 Å². The van der Waals surface area contributed by atoms with E-state index >= 15 is 0 Å². The van der Waals surface area contributed by atoms with Crippen molar-refractivity contribution in [2.24, 2.45) is 0 Å². The molecule has 7 nitrogen and oxygen atoms in total. The average Bonchev–Trinajstić information content (AvgIpc) is 2.87. The van der Waals surface area contributed by atoms with Crippen molar-refractivity contribution >= 4 is 37.0 Å². The molecule has 0 saturated heterocycles. The van der Waals surface area contributed by atoms with Crippen LogP contribution >= 0.6 is 15.9 Å². The highest BCUT2D eigenvalue weighted by molar-refractivity contribution is 9.10. The van der Waals surface area contributed by atoms with Crippen LogP contribution in [0.2, 0.25) is 0 Å². The molecule has 0 spiro atoms. The Kier molecular flexibility index (Phi) is 6.70. The molecule has 190 valence electrons. The Morgan fingerprint density at radius 2 is 1.57 bits per heavy atom. The lowest BCUT2D eigenvalue weighted by Gasteiger charge is -2.17. The van der Waals surface area contributed by atoms with E-state index in [2.05, 4.69) is 25.1 Å². The van der Waals surface area contributed by atoms with Gasteiger partial charge in [-0.1, -0.05) is 0 Å². The summed E-state index contributed by atoms with van der Waals surface area (Å²) in [6.07, 6.45) is 0. The summed E-state index contributed by atoms with van der Waals surface area (Å²) in [6.45, 7) is 0. The highest BCUT2D eigenvalue weighted by Gasteiger charge is 2.33. The van der Waals surface area contributed by atoms with Crippen molar-refractivity contribution in [3.63, 3.8) is 0 Å². The first-order valence-corrected chi connectivity index (χ1v) is 12.0.